The highest BCUT2D eigenvalue weighted by Gasteiger charge is 2.33. The summed E-state index contributed by atoms with van der Waals surface area (Å²) in [4.78, 5) is 42.1. The number of hydrogen-bond donors (Lipinski definition) is 2. The Kier molecular flexibility index (Phi) is 9.15. The summed E-state index contributed by atoms with van der Waals surface area (Å²) in [7, 11) is 0. The number of hydrogen-bond acceptors (Lipinski definition) is 5. The standard InChI is InChI=1S/C37H36F3N3O5/c1-20-5-4-6-31-33(20)25-12-21(2)34(40)28(14-25)30(15-32(44)45)41-36(46)35(27-13-24(19-48-31)7-8-29(27)39)43-16-23(11-22(3)37(43)47)9-10-42-17-26(38)18-42/h4-8,11-14,16,26,30,35H,9-10,15,17-19H2,1-3H3,(H,41,46)(H,44,45)/t30-,35-/m0/s1. The molecule has 2 aliphatic heterocycles. The summed E-state index contributed by atoms with van der Waals surface area (Å²) in [6.07, 6.45) is 0.362. The predicted octanol–water partition coefficient (Wildman–Crippen LogP) is 5.73. The van der Waals surface area contributed by atoms with Crippen molar-refractivity contribution >= 4 is 11.9 Å². The fraction of sp³-hybridized carbons (Fsp3) is 0.324. The van der Waals surface area contributed by atoms with Crippen LogP contribution in [0.25, 0.3) is 11.1 Å². The lowest BCUT2D eigenvalue weighted by molar-refractivity contribution is -0.137. The number of carboxylic acids is 1. The van der Waals surface area contributed by atoms with Crippen molar-refractivity contribution < 1.29 is 32.6 Å². The van der Waals surface area contributed by atoms with Gasteiger partial charge in [-0.1, -0.05) is 18.2 Å². The van der Waals surface area contributed by atoms with Crippen LogP contribution in [0.1, 0.15) is 57.4 Å². The van der Waals surface area contributed by atoms with Crippen molar-refractivity contribution in [1.29, 1.82) is 0 Å². The van der Waals surface area contributed by atoms with E-state index in [4.69, 9.17) is 4.74 Å². The predicted molar refractivity (Wildman–Crippen MR) is 174 cm³/mol. The largest absolute Gasteiger partial charge is 0.488 e. The Bertz CT molecular complexity index is 1970. The van der Waals surface area contributed by atoms with Gasteiger partial charge in [-0.3, -0.25) is 23.9 Å². The van der Waals surface area contributed by atoms with Crippen LogP contribution >= 0.6 is 0 Å². The maximum absolute atomic E-state index is 15.9. The molecule has 1 fully saturated rings. The van der Waals surface area contributed by atoms with Gasteiger partial charge in [-0.05, 0) is 91.4 Å². The zero-order valence-electron chi connectivity index (χ0n) is 26.9. The van der Waals surface area contributed by atoms with Crippen molar-refractivity contribution in [3.8, 4) is 16.9 Å². The summed E-state index contributed by atoms with van der Waals surface area (Å²) in [5, 5.41) is 12.6. The zero-order valence-corrected chi connectivity index (χ0v) is 26.9. The molecule has 1 amide bonds. The fourth-order valence-corrected chi connectivity index (χ4v) is 6.58. The number of likely N-dealkylation sites (tertiary alicyclic amines) is 1. The Balaban J connectivity index is 1.53. The van der Waals surface area contributed by atoms with Crippen LogP contribution in [0.15, 0.2) is 65.6 Å². The van der Waals surface area contributed by atoms with Gasteiger partial charge in [0.1, 0.15) is 36.2 Å². The lowest BCUT2D eigenvalue weighted by Crippen LogP contribution is -2.49. The average Bonchev–Trinajstić information content (AvgIpc) is 3.01. The Labute approximate surface area is 275 Å². The first-order valence-electron chi connectivity index (χ1n) is 15.8. The molecular weight excluding hydrogens is 623 g/mol. The fourth-order valence-electron chi connectivity index (χ4n) is 6.58. The second kappa shape index (κ2) is 13.3. The number of carbonyl (C=O) groups excluding carboxylic acids is 1. The number of amides is 1. The summed E-state index contributed by atoms with van der Waals surface area (Å²) in [5.41, 5.74) is 3.00. The normalized spacial score (nSPS) is 18.2. The van der Waals surface area contributed by atoms with E-state index in [1.54, 1.807) is 32.0 Å². The second-order valence-electron chi connectivity index (χ2n) is 12.7. The number of nitrogens with zero attached hydrogens (tertiary/aromatic N) is 2. The maximum Gasteiger partial charge on any atom is 0.305 e. The number of benzene rings is 3. The van der Waals surface area contributed by atoms with E-state index in [-0.39, 0.29) is 23.3 Å². The van der Waals surface area contributed by atoms with Gasteiger partial charge in [-0.15, -0.1) is 0 Å². The molecule has 3 heterocycles. The molecule has 2 atom stereocenters. The monoisotopic (exact) mass is 659 g/mol. The number of carbonyl (C=O) groups is 2. The Morgan fingerprint density at radius 1 is 0.979 bits per heavy atom. The molecule has 8 nitrogen and oxygen atoms in total. The van der Waals surface area contributed by atoms with Gasteiger partial charge >= 0.3 is 5.97 Å². The highest BCUT2D eigenvalue weighted by Crippen LogP contribution is 2.38. The van der Waals surface area contributed by atoms with Crippen LogP contribution in [-0.2, 0) is 22.6 Å². The van der Waals surface area contributed by atoms with Crippen LogP contribution in [0.2, 0.25) is 0 Å². The molecule has 6 rings (SSSR count). The molecule has 0 unspecified atom stereocenters. The number of alkyl halides is 1. The topological polar surface area (TPSA) is 101 Å². The highest BCUT2D eigenvalue weighted by atomic mass is 19.1. The summed E-state index contributed by atoms with van der Waals surface area (Å²) in [6, 6.07) is 11.5. The second-order valence-corrected chi connectivity index (χ2v) is 12.7. The molecule has 4 bridgehead atoms. The number of aromatic nitrogens is 1. The number of halogens is 3. The van der Waals surface area contributed by atoms with Crippen LogP contribution in [0, 0.1) is 32.4 Å². The first-order chi connectivity index (χ1) is 22.9. The van der Waals surface area contributed by atoms with Gasteiger partial charge in [-0.2, -0.15) is 0 Å². The number of aryl methyl sites for hydroxylation is 3. The van der Waals surface area contributed by atoms with Crippen LogP contribution in [0.4, 0.5) is 13.2 Å². The first-order valence-corrected chi connectivity index (χ1v) is 15.8. The Hall–Kier alpha value is -4.90. The minimum Gasteiger partial charge on any atom is -0.488 e. The molecule has 11 heteroatoms. The third-order valence-corrected chi connectivity index (χ3v) is 9.06. The minimum atomic E-state index is -1.59. The van der Waals surface area contributed by atoms with E-state index in [9.17, 15) is 23.9 Å². The van der Waals surface area contributed by atoms with Crippen molar-refractivity contribution in [2.45, 2.75) is 58.5 Å². The molecule has 2 aliphatic rings. The molecular formula is C37H36F3N3O5. The summed E-state index contributed by atoms with van der Waals surface area (Å²) >= 11 is 0. The molecule has 4 aromatic rings. The van der Waals surface area contributed by atoms with Crippen molar-refractivity contribution in [2.24, 2.45) is 0 Å². The van der Waals surface area contributed by atoms with Gasteiger partial charge in [0.2, 0.25) is 5.91 Å². The lowest BCUT2D eigenvalue weighted by Gasteiger charge is -2.34. The van der Waals surface area contributed by atoms with Crippen molar-refractivity contribution in [2.75, 3.05) is 19.6 Å². The molecule has 0 radical (unpaired) electrons. The molecule has 1 aromatic heterocycles. The SMILES string of the molecule is Cc1cc2cc(c1F)[C@H](CC(=O)O)NC(=O)[C@@H](n1cc(CCN3CC(F)C3)cc(C)c1=O)c1cc(ccc1F)COc1cccc(C)c1-2. The number of nitrogens with one attached hydrogen (secondary N) is 1. The van der Waals surface area contributed by atoms with Crippen LogP contribution in [0.3, 0.4) is 0 Å². The number of pyridine rings is 1. The van der Waals surface area contributed by atoms with E-state index in [0.717, 1.165) is 10.1 Å². The number of carboxylic acid groups (broad SMARTS) is 1. The summed E-state index contributed by atoms with van der Waals surface area (Å²) in [6.45, 7) is 6.15. The van der Waals surface area contributed by atoms with Gasteiger partial charge in [0.15, 0.2) is 0 Å². The van der Waals surface area contributed by atoms with Crippen molar-refractivity contribution in [3.63, 3.8) is 0 Å². The highest BCUT2D eigenvalue weighted by molar-refractivity contribution is 5.85. The molecule has 1 saturated heterocycles. The lowest BCUT2D eigenvalue weighted by atomic mass is 9.91. The van der Waals surface area contributed by atoms with E-state index < -0.39 is 53.7 Å². The molecule has 2 N–H and O–H groups in total. The van der Waals surface area contributed by atoms with Gasteiger partial charge in [0.05, 0.1) is 12.5 Å². The van der Waals surface area contributed by atoms with Crippen molar-refractivity contribution in [3.05, 3.63) is 122 Å². The van der Waals surface area contributed by atoms with E-state index in [1.807, 2.05) is 24.0 Å². The molecule has 0 aliphatic carbocycles. The van der Waals surface area contributed by atoms with Crippen molar-refractivity contribution in [1.82, 2.24) is 14.8 Å². The third-order valence-electron chi connectivity index (χ3n) is 9.06. The molecule has 0 spiro atoms. The maximum atomic E-state index is 15.9. The summed E-state index contributed by atoms with van der Waals surface area (Å²) in [5.74, 6) is -3.19. The van der Waals surface area contributed by atoms with E-state index in [1.165, 1.54) is 30.5 Å². The van der Waals surface area contributed by atoms with Crippen LogP contribution in [-0.4, -0.2) is 52.3 Å². The summed E-state index contributed by atoms with van der Waals surface area (Å²) < 4.78 is 52.5. The number of rotatable bonds is 6. The third kappa shape index (κ3) is 6.60. The van der Waals surface area contributed by atoms with E-state index in [2.05, 4.69) is 5.32 Å². The number of ether oxygens (including phenoxy) is 1. The van der Waals surface area contributed by atoms with Gasteiger partial charge in [-0.25, -0.2) is 13.2 Å². The van der Waals surface area contributed by atoms with Gasteiger partial charge < -0.3 is 15.2 Å². The van der Waals surface area contributed by atoms with Gasteiger partial charge in [0.25, 0.3) is 5.56 Å². The minimum absolute atomic E-state index is 0.00783. The average molecular weight is 660 g/mol. The van der Waals surface area contributed by atoms with Crippen LogP contribution in [0.5, 0.6) is 5.75 Å². The molecule has 0 saturated carbocycles. The van der Waals surface area contributed by atoms with Crippen LogP contribution < -0.4 is 15.6 Å². The number of aliphatic carboxylic acids is 1. The Morgan fingerprint density at radius 3 is 2.48 bits per heavy atom. The quantitative estimate of drug-likeness (QED) is 0.275. The van der Waals surface area contributed by atoms with E-state index in [0.29, 0.717) is 59.6 Å². The Morgan fingerprint density at radius 2 is 1.75 bits per heavy atom. The smallest absolute Gasteiger partial charge is 0.305 e. The zero-order chi connectivity index (χ0) is 34.3. The first kappa shape index (κ1) is 33.0. The molecule has 48 heavy (non-hydrogen) atoms. The van der Waals surface area contributed by atoms with Gasteiger partial charge in [0, 0.05) is 48.1 Å². The molecule has 3 aromatic carbocycles. The number of fused-ring (bicyclic) bond motifs is 6. The van der Waals surface area contributed by atoms with E-state index >= 15 is 8.78 Å². The molecule has 250 valence electrons.